The van der Waals surface area contributed by atoms with Gasteiger partial charge in [-0.15, -0.1) is 10.2 Å². The van der Waals surface area contributed by atoms with E-state index in [0.29, 0.717) is 37.2 Å². The summed E-state index contributed by atoms with van der Waals surface area (Å²) < 4.78 is 7.73. The second-order valence-electron chi connectivity index (χ2n) is 10.4. The molecule has 12 nitrogen and oxygen atoms in total. The topological polar surface area (TPSA) is 146 Å². The van der Waals surface area contributed by atoms with Crippen LogP contribution in [0, 0.1) is 127 Å². The molecule has 2 N–H and O–H groups in total. The Morgan fingerprint density at radius 3 is 1.51 bits per heavy atom. The van der Waals surface area contributed by atoms with Crippen molar-refractivity contribution in [2.75, 3.05) is 13.7 Å². The fraction of sp³-hybridized carbons (Fsp3) is 0.229. The molecule has 2 aromatic heterocycles. The van der Waals surface area contributed by atoms with Crippen molar-refractivity contribution in [1.29, 1.82) is 0 Å². The van der Waals surface area contributed by atoms with Crippen molar-refractivity contribution >= 4 is 17.8 Å². The van der Waals surface area contributed by atoms with Gasteiger partial charge < -0.3 is 15.4 Å². The molecule has 0 aromatic carbocycles. The van der Waals surface area contributed by atoms with E-state index in [4.69, 9.17) is 4.74 Å². The first-order valence-corrected chi connectivity index (χ1v) is 15.2. The summed E-state index contributed by atoms with van der Waals surface area (Å²) in [6.45, 7) is 0.409. The van der Waals surface area contributed by atoms with Gasteiger partial charge in [-0.05, 0) is 135 Å². The van der Waals surface area contributed by atoms with Crippen molar-refractivity contribution < 1.29 is 53.3 Å². The molecule has 0 aliphatic heterocycles. The second-order valence-corrected chi connectivity index (χ2v) is 10.4. The van der Waals surface area contributed by atoms with E-state index in [1.54, 1.807) is 12.4 Å². The number of unbranched alkanes of at least 4 members (excludes halogenated alkanes) is 1. The predicted molar refractivity (Wildman–Crippen MR) is 173 cm³/mol. The number of esters is 1. The molecule has 2 heterocycles. The van der Waals surface area contributed by atoms with Crippen molar-refractivity contribution in [3.63, 3.8) is 0 Å². The fourth-order valence-electron chi connectivity index (χ4n) is 4.43. The summed E-state index contributed by atoms with van der Waals surface area (Å²) in [6, 6.07) is -0.795. The minimum atomic E-state index is -0.795. The maximum Gasteiger partial charge on any atom is 2.00 e. The Bertz CT molecular complexity index is 1180. The maximum atomic E-state index is 12.5. The number of nitrogens with zero attached hydrogens (tertiary/aromatic N) is 6. The Morgan fingerprint density at radius 2 is 1.08 bits per heavy atom. The van der Waals surface area contributed by atoms with Gasteiger partial charge in [-0.25, -0.2) is 14.2 Å². The number of aromatic nitrogens is 6. The van der Waals surface area contributed by atoms with Gasteiger partial charge in [0.2, 0.25) is 11.8 Å². The summed E-state index contributed by atoms with van der Waals surface area (Å²) in [5, 5.41) is 21.6. The fourth-order valence-corrected chi connectivity index (χ4v) is 4.43. The SMILES string of the molecule is COC(=O)[C@H](CCCCNC(=O)Cn1cc([C]2[CH][CH][CH][CH]2)nn1)NC(=O)Cn1cc([C]2[CH][CH][CH][CH]2)nn1.[CH]1[CH][CH][CH][CH]1.[CH]1[CH][CH][CH][CH]1.[Fe+2].[Fe+2]. The molecule has 0 saturated heterocycles. The first-order valence-electron chi connectivity index (χ1n) is 15.2. The number of rotatable bonds is 13. The van der Waals surface area contributed by atoms with Gasteiger partial charge in [-0.3, -0.25) is 9.59 Å². The number of hydrogen-bond donors (Lipinski definition) is 2. The van der Waals surface area contributed by atoms with E-state index in [1.165, 1.54) is 16.5 Å². The van der Waals surface area contributed by atoms with Crippen LogP contribution in [0.25, 0.3) is 0 Å². The van der Waals surface area contributed by atoms with Crippen LogP contribution in [0.5, 0.6) is 0 Å². The van der Waals surface area contributed by atoms with Crippen molar-refractivity contribution in [3.8, 4) is 0 Å². The zero-order valence-corrected chi connectivity index (χ0v) is 29.1. The second kappa shape index (κ2) is 24.8. The number of methoxy groups -OCH3 is 1. The molecule has 4 saturated carbocycles. The van der Waals surface area contributed by atoms with Crippen LogP contribution < -0.4 is 10.6 Å². The van der Waals surface area contributed by atoms with E-state index >= 15 is 0 Å². The van der Waals surface area contributed by atoms with Crippen molar-refractivity contribution in [1.82, 2.24) is 40.6 Å². The average molecular weight is 746 g/mol. The van der Waals surface area contributed by atoms with Crippen LogP contribution in [0.15, 0.2) is 12.4 Å². The molecule has 6 rings (SSSR count). The van der Waals surface area contributed by atoms with Gasteiger partial charge in [-0.1, -0.05) is 10.4 Å². The van der Waals surface area contributed by atoms with E-state index in [0.717, 1.165) is 11.8 Å². The minimum absolute atomic E-state index is 0. The molecule has 20 radical (unpaired) electrons. The smallest absolute Gasteiger partial charge is 0.467 e. The molecule has 4 aliphatic carbocycles. The van der Waals surface area contributed by atoms with Gasteiger partial charge in [0.1, 0.15) is 19.1 Å². The van der Waals surface area contributed by atoms with E-state index in [2.05, 4.69) is 31.3 Å². The van der Waals surface area contributed by atoms with Crippen LogP contribution in [0.2, 0.25) is 0 Å². The molecular weight excluding hydrogens is 708 g/mol. The first-order chi connectivity index (χ1) is 23.0. The van der Waals surface area contributed by atoms with Crippen molar-refractivity contribution in [3.05, 3.63) is 151 Å². The standard InChI is InChI=1S/C25H28N8O4.2C5H5.2Fe/c1-37-25(36)20(27-24(35)17-33-15-22(29-31-33)19-10-4-5-11-19)12-6-7-13-26-23(34)16-32-14-21(28-30-32)18-8-2-3-9-18;2*1-2-4-5-3-1;;/h2-5,8-11,14-15,20H,6-7,12-13,16-17H2,1H3,(H,26,34)(H,27,35);2*1-5H;;/q;;;2*+2/t20-;;;;/m0..../s1. The molecule has 4 aliphatic rings. The minimum Gasteiger partial charge on any atom is -0.467 e. The molecule has 49 heavy (non-hydrogen) atoms. The number of hydrogen-bond acceptors (Lipinski definition) is 8. The zero-order chi connectivity index (χ0) is 33.1. The van der Waals surface area contributed by atoms with Crippen LogP contribution >= 0.6 is 0 Å². The first kappa shape index (κ1) is 42.9. The molecular formula is C35H38Fe2N8O4+4. The molecule has 2 amide bonds. The third kappa shape index (κ3) is 16.1. The Labute approximate surface area is 313 Å². The van der Waals surface area contributed by atoms with Crippen molar-refractivity contribution in [2.24, 2.45) is 0 Å². The van der Waals surface area contributed by atoms with Gasteiger partial charge in [0.25, 0.3) is 0 Å². The molecule has 0 bridgehead atoms. The molecule has 1 atom stereocenters. The van der Waals surface area contributed by atoms with Crippen LogP contribution in [0.4, 0.5) is 0 Å². The number of nitrogens with one attached hydrogen (secondary N) is 2. The third-order valence-electron chi connectivity index (χ3n) is 6.78. The summed E-state index contributed by atoms with van der Waals surface area (Å²) in [7, 11) is 1.28. The molecule has 0 spiro atoms. The Kier molecular flexibility index (Phi) is 21.7. The molecule has 254 valence electrons. The van der Waals surface area contributed by atoms with E-state index < -0.39 is 12.0 Å². The normalized spacial score (nSPS) is 17.8. The van der Waals surface area contributed by atoms with Gasteiger partial charge in [0.05, 0.1) is 18.5 Å². The number of carbonyl (C=O) groups is 3. The van der Waals surface area contributed by atoms with Gasteiger partial charge in [0.15, 0.2) is 0 Å². The number of amides is 2. The summed E-state index contributed by atoms with van der Waals surface area (Å²) in [6.07, 6.45) is 40.3. The van der Waals surface area contributed by atoms with Gasteiger partial charge in [-0.2, -0.15) is 0 Å². The van der Waals surface area contributed by atoms with Gasteiger partial charge >= 0.3 is 40.1 Å². The van der Waals surface area contributed by atoms with Crippen LogP contribution in [0.3, 0.4) is 0 Å². The summed E-state index contributed by atoms with van der Waals surface area (Å²) >= 11 is 0. The molecule has 14 heteroatoms. The predicted octanol–water partition coefficient (Wildman–Crippen LogP) is 2.06. The van der Waals surface area contributed by atoms with E-state index in [-0.39, 0.29) is 59.0 Å². The van der Waals surface area contributed by atoms with Crippen LogP contribution in [-0.4, -0.2) is 67.5 Å². The van der Waals surface area contributed by atoms with E-state index in [1.807, 2.05) is 116 Å². The Morgan fingerprint density at radius 1 is 0.653 bits per heavy atom. The van der Waals surface area contributed by atoms with Gasteiger partial charge in [0, 0.05) is 30.8 Å². The van der Waals surface area contributed by atoms with Crippen LogP contribution in [0.1, 0.15) is 30.7 Å². The van der Waals surface area contributed by atoms with Crippen LogP contribution in [-0.2, 0) is 66.3 Å². The molecule has 2 aromatic rings. The monoisotopic (exact) mass is 746 g/mol. The summed E-state index contributed by atoms with van der Waals surface area (Å²) in [5.41, 5.74) is 1.37. The molecule has 0 unspecified atom stereocenters. The van der Waals surface area contributed by atoms with E-state index in [9.17, 15) is 14.4 Å². The zero-order valence-electron chi connectivity index (χ0n) is 26.9. The summed E-state index contributed by atoms with van der Waals surface area (Å²) in [4.78, 5) is 36.9. The Hall–Kier alpha value is -2.27. The third-order valence-corrected chi connectivity index (χ3v) is 6.78. The maximum absolute atomic E-state index is 12.5. The Balaban J connectivity index is 0.000000593. The summed E-state index contributed by atoms with van der Waals surface area (Å²) in [5.74, 6) is 0.764. The largest absolute Gasteiger partial charge is 2.00 e. The molecule has 4 fully saturated rings. The average Bonchev–Trinajstić information content (AvgIpc) is 3.93. The number of carbonyl (C=O) groups excluding carboxylic acids is 3. The van der Waals surface area contributed by atoms with Crippen molar-refractivity contribution in [2.45, 2.75) is 38.4 Å². The quantitative estimate of drug-likeness (QED) is 0.180. The number of ether oxygens (including phenoxy) is 1.